The van der Waals surface area contributed by atoms with Crippen LogP contribution in [0.3, 0.4) is 0 Å². The first-order valence-electron chi connectivity index (χ1n) is 6.00. The molecule has 0 aliphatic heterocycles. The van der Waals surface area contributed by atoms with E-state index in [2.05, 4.69) is 38.1 Å². The molecule has 0 bridgehead atoms. The van der Waals surface area contributed by atoms with Gasteiger partial charge in [0.15, 0.2) is 0 Å². The molecule has 0 fully saturated rings. The summed E-state index contributed by atoms with van der Waals surface area (Å²) in [6.45, 7) is 4.87. The van der Waals surface area contributed by atoms with Crippen molar-refractivity contribution in [2.75, 3.05) is 0 Å². The molecule has 0 saturated carbocycles. The Kier molecular flexibility index (Phi) is 3.92. The van der Waals surface area contributed by atoms with Crippen LogP contribution in [0.4, 0.5) is 0 Å². The Morgan fingerprint density at radius 1 is 1.35 bits per heavy atom. The Morgan fingerprint density at radius 3 is 2.82 bits per heavy atom. The number of hydrogen-bond donors (Lipinski definition) is 1. The maximum Gasteiger partial charge on any atom is 0.123 e. The van der Waals surface area contributed by atoms with Crippen molar-refractivity contribution in [1.29, 1.82) is 0 Å². The molecular formula is C14H18N2S. The molecule has 1 aromatic carbocycles. The smallest absolute Gasteiger partial charge is 0.123 e. The first-order valence-corrected chi connectivity index (χ1v) is 6.82. The molecular weight excluding hydrogens is 228 g/mol. The van der Waals surface area contributed by atoms with E-state index in [-0.39, 0.29) is 0 Å². The fourth-order valence-corrected chi connectivity index (χ4v) is 2.86. The number of nitrogens with zero attached hydrogens (tertiary/aromatic N) is 1. The first kappa shape index (κ1) is 12.3. The van der Waals surface area contributed by atoms with Crippen LogP contribution in [0.1, 0.15) is 29.5 Å². The van der Waals surface area contributed by atoms with Crippen LogP contribution in [0.5, 0.6) is 0 Å². The van der Waals surface area contributed by atoms with Crippen molar-refractivity contribution in [3.63, 3.8) is 0 Å². The Labute approximate surface area is 107 Å². The molecule has 0 unspecified atom stereocenters. The summed E-state index contributed by atoms with van der Waals surface area (Å²) in [5, 5.41) is 1.10. The molecule has 0 atom stereocenters. The number of nitrogens with two attached hydrogens (primary N) is 1. The topological polar surface area (TPSA) is 38.9 Å². The van der Waals surface area contributed by atoms with Crippen LogP contribution in [0, 0.1) is 6.92 Å². The highest BCUT2D eigenvalue weighted by atomic mass is 32.1. The third-order valence-corrected chi connectivity index (χ3v) is 3.88. The molecule has 17 heavy (non-hydrogen) atoms. The zero-order valence-corrected chi connectivity index (χ0v) is 11.2. The molecule has 2 aromatic rings. The molecule has 0 radical (unpaired) electrons. The Balaban J connectivity index is 2.39. The highest BCUT2D eigenvalue weighted by Gasteiger charge is 2.10. The van der Waals surface area contributed by atoms with Crippen molar-refractivity contribution in [2.45, 2.75) is 33.2 Å². The van der Waals surface area contributed by atoms with Gasteiger partial charge in [-0.2, -0.15) is 0 Å². The monoisotopic (exact) mass is 246 g/mol. The zero-order valence-electron chi connectivity index (χ0n) is 10.4. The molecule has 0 spiro atoms. The van der Waals surface area contributed by atoms with Gasteiger partial charge in [-0.05, 0) is 19.4 Å². The lowest BCUT2D eigenvalue weighted by atomic mass is 10.1. The van der Waals surface area contributed by atoms with E-state index in [4.69, 9.17) is 10.7 Å². The Hall–Kier alpha value is -1.19. The summed E-state index contributed by atoms with van der Waals surface area (Å²) in [6, 6.07) is 8.47. The van der Waals surface area contributed by atoms with Gasteiger partial charge in [0.05, 0.1) is 5.69 Å². The Bertz CT molecular complexity index is 503. The number of rotatable bonds is 4. The van der Waals surface area contributed by atoms with Crippen LogP contribution in [-0.4, -0.2) is 4.98 Å². The first-order chi connectivity index (χ1) is 8.24. The van der Waals surface area contributed by atoms with Crippen molar-refractivity contribution in [1.82, 2.24) is 4.98 Å². The van der Waals surface area contributed by atoms with Crippen molar-refractivity contribution in [3.05, 3.63) is 40.4 Å². The number of thiazole rings is 1. The Morgan fingerprint density at radius 2 is 2.18 bits per heavy atom. The van der Waals surface area contributed by atoms with Gasteiger partial charge in [-0.25, -0.2) is 4.98 Å². The van der Waals surface area contributed by atoms with E-state index < -0.39 is 0 Å². The van der Waals surface area contributed by atoms with Gasteiger partial charge in [0.2, 0.25) is 0 Å². The zero-order chi connectivity index (χ0) is 12.3. The molecule has 90 valence electrons. The van der Waals surface area contributed by atoms with E-state index >= 15 is 0 Å². The second kappa shape index (κ2) is 5.43. The normalized spacial score (nSPS) is 10.8. The third kappa shape index (κ3) is 2.73. The SMILES string of the molecule is CCCc1nc(-c2cccc(C)c2)sc1CN. The molecule has 2 nitrogen and oxygen atoms in total. The second-order valence-corrected chi connectivity index (χ2v) is 5.30. The van der Waals surface area contributed by atoms with E-state index in [1.54, 1.807) is 11.3 Å². The van der Waals surface area contributed by atoms with Gasteiger partial charge in [-0.3, -0.25) is 0 Å². The molecule has 1 aromatic heterocycles. The molecule has 0 aliphatic carbocycles. The van der Waals surface area contributed by atoms with Gasteiger partial charge in [-0.15, -0.1) is 11.3 Å². The summed E-state index contributed by atoms with van der Waals surface area (Å²) in [4.78, 5) is 5.95. The lowest BCUT2D eigenvalue weighted by Gasteiger charge is -1.97. The van der Waals surface area contributed by atoms with Crippen molar-refractivity contribution >= 4 is 11.3 Å². The maximum atomic E-state index is 5.77. The van der Waals surface area contributed by atoms with E-state index in [1.807, 2.05) is 0 Å². The minimum atomic E-state index is 0.596. The molecule has 2 rings (SSSR count). The standard InChI is InChI=1S/C14H18N2S/c1-3-5-12-13(9-15)17-14(16-12)11-7-4-6-10(2)8-11/h4,6-8H,3,5,9,15H2,1-2H3. The average molecular weight is 246 g/mol. The quantitative estimate of drug-likeness (QED) is 0.896. The van der Waals surface area contributed by atoms with Crippen molar-refractivity contribution in [2.24, 2.45) is 5.73 Å². The minimum Gasteiger partial charge on any atom is -0.326 e. The van der Waals surface area contributed by atoms with Gasteiger partial charge >= 0.3 is 0 Å². The van der Waals surface area contributed by atoms with Crippen LogP contribution in [-0.2, 0) is 13.0 Å². The third-order valence-electron chi connectivity index (χ3n) is 2.72. The van der Waals surface area contributed by atoms with E-state index in [0.29, 0.717) is 6.54 Å². The fourth-order valence-electron chi connectivity index (χ4n) is 1.88. The summed E-state index contributed by atoms with van der Waals surface area (Å²) in [7, 11) is 0. The molecule has 3 heteroatoms. The van der Waals surface area contributed by atoms with Crippen LogP contribution in [0.25, 0.3) is 10.6 Å². The fraction of sp³-hybridized carbons (Fsp3) is 0.357. The average Bonchev–Trinajstić information content (AvgIpc) is 2.73. The highest BCUT2D eigenvalue weighted by Crippen LogP contribution is 2.29. The molecule has 0 aliphatic rings. The number of benzene rings is 1. The summed E-state index contributed by atoms with van der Waals surface area (Å²) in [6.07, 6.45) is 2.14. The van der Waals surface area contributed by atoms with E-state index in [0.717, 1.165) is 17.8 Å². The molecule has 1 heterocycles. The van der Waals surface area contributed by atoms with Crippen molar-refractivity contribution < 1.29 is 0 Å². The van der Waals surface area contributed by atoms with E-state index in [9.17, 15) is 0 Å². The van der Waals surface area contributed by atoms with Crippen LogP contribution >= 0.6 is 11.3 Å². The van der Waals surface area contributed by atoms with Gasteiger partial charge in [0.1, 0.15) is 5.01 Å². The molecule has 0 saturated heterocycles. The molecule has 0 amide bonds. The van der Waals surface area contributed by atoms with E-state index in [1.165, 1.54) is 21.7 Å². The van der Waals surface area contributed by atoms with Crippen LogP contribution in [0.2, 0.25) is 0 Å². The van der Waals surface area contributed by atoms with Gasteiger partial charge in [-0.1, -0.05) is 37.1 Å². The predicted molar refractivity (Wildman–Crippen MR) is 74.2 cm³/mol. The summed E-state index contributed by atoms with van der Waals surface area (Å²) < 4.78 is 0. The number of aromatic nitrogens is 1. The lowest BCUT2D eigenvalue weighted by molar-refractivity contribution is 0.872. The predicted octanol–water partition coefficient (Wildman–Crippen LogP) is 3.53. The number of hydrogen-bond acceptors (Lipinski definition) is 3. The minimum absolute atomic E-state index is 0.596. The van der Waals surface area contributed by atoms with Crippen LogP contribution < -0.4 is 5.73 Å². The molecule has 2 N–H and O–H groups in total. The second-order valence-electron chi connectivity index (χ2n) is 4.21. The summed E-state index contributed by atoms with van der Waals surface area (Å²) >= 11 is 1.73. The van der Waals surface area contributed by atoms with Crippen LogP contribution in [0.15, 0.2) is 24.3 Å². The highest BCUT2D eigenvalue weighted by molar-refractivity contribution is 7.15. The van der Waals surface area contributed by atoms with Crippen molar-refractivity contribution in [3.8, 4) is 10.6 Å². The summed E-state index contributed by atoms with van der Waals surface area (Å²) in [5.41, 5.74) is 9.42. The number of aryl methyl sites for hydroxylation is 2. The lowest BCUT2D eigenvalue weighted by Crippen LogP contribution is -1.97. The van der Waals surface area contributed by atoms with Gasteiger partial charge < -0.3 is 5.73 Å². The van der Waals surface area contributed by atoms with Gasteiger partial charge in [0.25, 0.3) is 0 Å². The largest absolute Gasteiger partial charge is 0.326 e. The van der Waals surface area contributed by atoms with Gasteiger partial charge in [0, 0.05) is 17.0 Å². The summed E-state index contributed by atoms with van der Waals surface area (Å²) in [5.74, 6) is 0. The maximum absolute atomic E-state index is 5.77.